The maximum atomic E-state index is 5.58. The van der Waals surface area contributed by atoms with Gasteiger partial charge >= 0.3 is 0 Å². The van der Waals surface area contributed by atoms with Crippen LogP contribution in [0, 0.1) is 11.5 Å². The van der Waals surface area contributed by atoms with E-state index in [-0.39, 0.29) is 6.10 Å². The maximum Gasteiger partial charge on any atom is 0.144 e. The minimum Gasteiger partial charge on any atom is -0.356 e. The van der Waals surface area contributed by atoms with Crippen molar-refractivity contribution in [1.82, 2.24) is 0 Å². The summed E-state index contributed by atoms with van der Waals surface area (Å²) in [6, 6.07) is 10.6. The molecule has 1 saturated heterocycles. The van der Waals surface area contributed by atoms with Gasteiger partial charge in [-0.1, -0.05) is 55.9 Å². The van der Waals surface area contributed by atoms with E-state index in [0.29, 0.717) is 6.10 Å². The monoisotopic (exact) mass is 244 g/mol. The molecule has 1 fully saturated rings. The molecule has 0 N–H and O–H groups in total. The van der Waals surface area contributed by atoms with Crippen molar-refractivity contribution in [2.24, 2.45) is 0 Å². The summed E-state index contributed by atoms with van der Waals surface area (Å²) in [5.41, 5.74) is 4.76. The molecule has 0 aliphatic carbocycles. The van der Waals surface area contributed by atoms with Crippen LogP contribution in [0.4, 0.5) is 0 Å². The molecule has 1 aliphatic heterocycles. The molecule has 0 amide bonds. The van der Waals surface area contributed by atoms with Gasteiger partial charge in [-0.25, -0.2) is 0 Å². The highest BCUT2D eigenvalue weighted by molar-refractivity contribution is 6.83. The Balaban J connectivity index is 1.75. The predicted octanol–water partition coefficient (Wildman–Crippen LogP) is 3.27. The van der Waals surface area contributed by atoms with Crippen molar-refractivity contribution >= 4 is 8.07 Å². The van der Waals surface area contributed by atoms with Crippen molar-refractivity contribution in [3.8, 4) is 11.5 Å². The summed E-state index contributed by atoms with van der Waals surface area (Å²) in [5.74, 6) is 3.27. The average Bonchev–Trinajstić information content (AvgIpc) is 3.03. The highest BCUT2D eigenvalue weighted by Gasteiger charge is 2.36. The van der Waals surface area contributed by atoms with E-state index in [1.54, 1.807) is 0 Å². The molecule has 2 heteroatoms. The Labute approximate surface area is 105 Å². The third-order valence-electron chi connectivity index (χ3n) is 2.73. The molecule has 2 atom stereocenters. The van der Waals surface area contributed by atoms with Gasteiger partial charge in [0, 0.05) is 0 Å². The molecule has 1 nitrogen and oxygen atoms in total. The number of benzene rings is 1. The Morgan fingerprint density at radius 2 is 1.88 bits per heavy atom. The van der Waals surface area contributed by atoms with Gasteiger partial charge in [0.1, 0.15) is 14.2 Å². The Bertz CT molecular complexity index is 422. The van der Waals surface area contributed by atoms with E-state index in [2.05, 4.69) is 61.4 Å². The lowest BCUT2D eigenvalue weighted by molar-refractivity contribution is 0.382. The Kier molecular flexibility index (Phi) is 3.71. The number of hydrogen-bond donors (Lipinski definition) is 0. The first-order valence-electron chi connectivity index (χ1n) is 6.27. The number of rotatable bonds is 3. The molecular formula is C15H20OSi. The van der Waals surface area contributed by atoms with E-state index in [0.717, 1.165) is 12.8 Å². The smallest absolute Gasteiger partial charge is 0.144 e. The zero-order valence-electron chi connectivity index (χ0n) is 10.9. The molecule has 0 aromatic heterocycles. The van der Waals surface area contributed by atoms with Gasteiger partial charge in [-0.05, 0) is 18.4 Å². The van der Waals surface area contributed by atoms with Crippen LogP contribution in [0.3, 0.4) is 0 Å². The van der Waals surface area contributed by atoms with Crippen LogP contribution in [0.25, 0.3) is 0 Å². The molecule has 0 bridgehead atoms. The van der Waals surface area contributed by atoms with Gasteiger partial charge in [0.25, 0.3) is 0 Å². The fourth-order valence-electron chi connectivity index (χ4n) is 1.73. The summed E-state index contributed by atoms with van der Waals surface area (Å²) in [4.78, 5) is 0. The van der Waals surface area contributed by atoms with Crippen LogP contribution in [0.5, 0.6) is 0 Å². The molecule has 0 radical (unpaired) electrons. The van der Waals surface area contributed by atoms with Gasteiger partial charge in [-0.15, -0.1) is 5.54 Å². The molecule has 1 aliphatic rings. The standard InChI is InChI=1S/C15H20OSi/c1-17(2,3)12-11-15-14(16-15)10-9-13-7-5-4-6-8-13/h4-8,14-15H,9-10H2,1-3H3/t14-,15-/m1/s1. The Morgan fingerprint density at radius 1 is 1.18 bits per heavy atom. The molecule has 1 heterocycles. The predicted molar refractivity (Wildman–Crippen MR) is 74.5 cm³/mol. The third kappa shape index (κ3) is 4.38. The summed E-state index contributed by atoms with van der Waals surface area (Å²) in [7, 11) is -1.24. The van der Waals surface area contributed by atoms with Crippen molar-refractivity contribution in [2.45, 2.75) is 44.7 Å². The molecule has 90 valence electrons. The van der Waals surface area contributed by atoms with Gasteiger partial charge in [-0.2, -0.15) is 0 Å². The molecule has 0 saturated carbocycles. The number of hydrogen-bond acceptors (Lipinski definition) is 1. The zero-order chi connectivity index (χ0) is 12.3. The minimum absolute atomic E-state index is 0.213. The topological polar surface area (TPSA) is 12.5 Å². The number of epoxide rings is 1. The molecule has 1 aromatic rings. The Morgan fingerprint density at radius 3 is 2.53 bits per heavy atom. The third-order valence-corrected chi connectivity index (χ3v) is 3.63. The second kappa shape index (κ2) is 5.08. The molecular weight excluding hydrogens is 224 g/mol. The molecule has 1 aromatic carbocycles. The summed E-state index contributed by atoms with van der Waals surface area (Å²) >= 11 is 0. The van der Waals surface area contributed by atoms with Gasteiger partial charge in [0.15, 0.2) is 0 Å². The van der Waals surface area contributed by atoms with E-state index in [1.807, 2.05) is 0 Å². The van der Waals surface area contributed by atoms with Crippen LogP contribution in [0.15, 0.2) is 30.3 Å². The van der Waals surface area contributed by atoms with Crippen LogP contribution >= 0.6 is 0 Å². The molecule has 0 unspecified atom stereocenters. The van der Waals surface area contributed by atoms with E-state index in [1.165, 1.54) is 5.56 Å². The first kappa shape index (κ1) is 12.4. The fourth-order valence-corrected chi connectivity index (χ4v) is 2.31. The Hall–Kier alpha value is -1.04. The van der Waals surface area contributed by atoms with Crippen molar-refractivity contribution in [3.63, 3.8) is 0 Å². The van der Waals surface area contributed by atoms with Crippen LogP contribution in [-0.2, 0) is 11.2 Å². The van der Waals surface area contributed by atoms with Crippen molar-refractivity contribution in [1.29, 1.82) is 0 Å². The first-order valence-corrected chi connectivity index (χ1v) is 9.77. The summed E-state index contributed by atoms with van der Waals surface area (Å²) in [6.07, 6.45) is 2.77. The highest BCUT2D eigenvalue weighted by Crippen LogP contribution is 2.26. The van der Waals surface area contributed by atoms with Crippen LogP contribution < -0.4 is 0 Å². The van der Waals surface area contributed by atoms with Crippen LogP contribution in [0.1, 0.15) is 12.0 Å². The lowest BCUT2D eigenvalue weighted by Crippen LogP contribution is -2.16. The molecule has 0 spiro atoms. The molecule has 17 heavy (non-hydrogen) atoms. The average molecular weight is 244 g/mol. The van der Waals surface area contributed by atoms with Crippen molar-refractivity contribution in [2.75, 3.05) is 0 Å². The second-order valence-corrected chi connectivity index (χ2v) is 10.4. The van der Waals surface area contributed by atoms with E-state index in [9.17, 15) is 0 Å². The number of aryl methyl sites for hydroxylation is 1. The minimum atomic E-state index is -1.24. The van der Waals surface area contributed by atoms with E-state index in [4.69, 9.17) is 4.74 Å². The first-order chi connectivity index (χ1) is 8.04. The van der Waals surface area contributed by atoms with Crippen LogP contribution in [-0.4, -0.2) is 20.3 Å². The maximum absolute atomic E-state index is 5.58. The van der Waals surface area contributed by atoms with Gasteiger partial charge in [0.05, 0.1) is 6.10 Å². The van der Waals surface area contributed by atoms with Gasteiger partial charge in [0.2, 0.25) is 0 Å². The lowest BCUT2D eigenvalue weighted by atomic mass is 10.1. The lowest BCUT2D eigenvalue weighted by Gasteiger charge is -2.02. The highest BCUT2D eigenvalue weighted by atomic mass is 28.3. The van der Waals surface area contributed by atoms with Gasteiger partial charge in [-0.3, -0.25) is 0 Å². The number of ether oxygens (including phenoxy) is 1. The second-order valence-electron chi connectivity index (χ2n) is 5.64. The van der Waals surface area contributed by atoms with Crippen LogP contribution in [0.2, 0.25) is 19.6 Å². The summed E-state index contributed by atoms with van der Waals surface area (Å²) in [6.45, 7) is 6.80. The largest absolute Gasteiger partial charge is 0.356 e. The van der Waals surface area contributed by atoms with Gasteiger partial charge < -0.3 is 4.74 Å². The molecule has 2 rings (SSSR count). The zero-order valence-corrected chi connectivity index (χ0v) is 11.9. The van der Waals surface area contributed by atoms with E-state index >= 15 is 0 Å². The van der Waals surface area contributed by atoms with E-state index < -0.39 is 8.07 Å². The quantitative estimate of drug-likeness (QED) is 0.452. The van der Waals surface area contributed by atoms with Crippen molar-refractivity contribution in [3.05, 3.63) is 35.9 Å². The van der Waals surface area contributed by atoms with Crippen molar-refractivity contribution < 1.29 is 4.74 Å². The summed E-state index contributed by atoms with van der Waals surface area (Å²) in [5, 5.41) is 0. The fraction of sp³-hybridized carbons (Fsp3) is 0.467. The summed E-state index contributed by atoms with van der Waals surface area (Å²) < 4.78 is 5.58. The SMILES string of the molecule is C[Si](C)(C)C#C[C@H]1O[C@@H]1CCc1ccccc1. The normalized spacial score (nSPS) is 22.8.